The summed E-state index contributed by atoms with van der Waals surface area (Å²) in [5.41, 5.74) is 0.976. The molecule has 6 heteroatoms. The third-order valence-electron chi connectivity index (χ3n) is 5.71. The number of nitrogens with one attached hydrogen (secondary N) is 1. The molecule has 5 nitrogen and oxygen atoms in total. The smallest absolute Gasteiger partial charge is 0.250 e. The van der Waals surface area contributed by atoms with E-state index in [1.54, 1.807) is 16.2 Å². The molecule has 2 amide bonds. The average Bonchev–Trinajstić information content (AvgIpc) is 3.53. The molecule has 2 aromatic heterocycles. The highest BCUT2D eigenvalue weighted by molar-refractivity contribution is 7.10. The number of hydrogen-bond acceptors (Lipinski definition) is 4. The van der Waals surface area contributed by atoms with Crippen molar-refractivity contribution in [1.29, 1.82) is 0 Å². The largest absolute Gasteiger partial charge is 0.464 e. The van der Waals surface area contributed by atoms with Crippen LogP contribution in [0.1, 0.15) is 53.7 Å². The highest BCUT2D eigenvalue weighted by atomic mass is 32.1. The number of carbonyl (C=O) groups excluding carboxylic acids is 2. The monoisotopic (exact) mass is 436 g/mol. The molecular weight excluding hydrogens is 408 g/mol. The number of nitrogens with zero attached hydrogens (tertiary/aromatic N) is 1. The van der Waals surface area contributed by atoms with E-state index in [1.807, 2.05) is 66.9 Å². The first kappa shape index (κ1) is 21.4. The van der Waals surface area contributed by atoms with Gasteiger partial charge in [0.2, 0.25) is 5.91 Å². The summed E-state index contributed by atoms with van der Waals surface area (Å²) in [6.07, 6.45) is 4.48. The number of hydrogen-bond donors (Lipinski definition) is 1. The van der Waals surface area contributed by atoms with Gasteiger partial charge < -0.3 is 14.6 Å². The van der Waals surface area contributed by atoms with Crippen LogP contribution in [0.15, 0.2) is 64.4 Å². The summed E-state index contributed by atoms with van der Waals surface area (Å²) in [5, 5.41) is 5.14. The number of thiophene rings is 1. The average molecular weight is 437 g/mol. The van der Waals surface area contributed by atoms with E-state index in [9.17, 15) is 9.59 Å². The number of rotatable bonds is 8. The van der Waals surface area contributed by atoms with Gasteiger partial charge in [-0.25, -0.2) is 0 Å². The number of furan rings is 1. The van der Waals surface area contributed by atoms with Crippen LogP contribution in [-0.4, -0.2) is 22.8 Å². The Morgan fingerprint density at radius 3 is 2.52 bits per heavy atom. The molecule has 1 aliphatic rings. The van der Waals surface area contributed by atoms with Crippen LogP contribution in [0.25, 0.3) is 0 Å². The van der Waals surface area contributed by atoms with Gasteiger partial charge in [-0.1, -0.05) is 49.2 Å². The molecule has 1 aliphatic carbocycles. The van der Waals surface area contributed by atoms with Crippen LogP contribution in [0.5, 0.6) is 0 Å². The van der Waals surface area contributed by atoms with Crippen molar-refractivity contribution in [2.24, 2.45) is 0 Å². The number of carbonyl (C=O) groups is 2. The first-order chi connectivity index (χ1) is 15.1. The van der Waals surface area contributed by atoms with Crippen molar-refractivity contribution < 1.29 is 14.0 Å². The molecule has 0 radical (unpaired) electrons. The molecule has 1 aromatic carbocycles. The molecule has 0 saturated heterocycles. The molecule has 4 rings (SSSR count). The quantitative estimate of drug-likeness (QED) is 0.539. The predicted octanol–water partition coefficient (Wildman–Crippen LogP) is 5.02. The maximum absolute atomic E-state index is 13.5. The summed E-state index contributed by atoms with van der Waals surface area (Å²) in [4.78, 5) is 29.6. The third kappa shape index (κ3) is 5.44. The van der Waals surface area contributed by atoms with Gasteiger partial charge in [0.05, 0.1) is 6.42 Å². The molecule has 0 aliphatic heterocycles. The summed E-state index contributed by atoms with van der Waals surface area (Å²) < 4.78 is 5.88. The Hall–Kier alpha value is -2.86. The van der Waals surface area contributed by atoms with Gasteiger partial charge in [0, 0.05) is 17.5 Å². The van der Waals surface area contributed by atoms with Crippen LogP contribution >= 0.6 is 11.3 Å². The van der Waals surface area contributed by atoms with Crippen molar-refractivity contribution in [3.8, 4) is 0 Å². The Kier molecular flexibility index (Phi) is 6.87. The molecule has 3 aromatic rings. The maximum atomic E-state index is 13.5. The van der Waals surface area contributed by atoms with E-state index >= 15 is 0 Å². The van der Waals surface area contributed by atoms with E-state index in [2.05, 4.69) is 5.32 Å². The lowest BCUT2D eigenvalue weighted by Gasteiger charge is -2.31. The van der Waals surface area contributed by atoms with Gasteiger partial charge in [-0.05, 0) is 48.9 Å². The Balaban J connectivity index is 1.66. The van der Waals surface area contributed by atoms with E-state index in [4.69, 9.17) is 4.42 Å². The lowest BCUT2D eigenvalue weighted by atomic mass is 10.1. The van der Waals surface area contributed by atoms with Crippen molar-refractivity contribution in [3.05, 3.63) is 81.9 Å². The molecule has 1 saturated carbocycles. The Labute approximate surface area is 187 Å². The molecule has 0 spiro atoms. The zero-order valence-electron chi connectivity index (χ0n) is 17.8. The van der Waals surface area contributed by atoms with Gasteiger partial charge in [0.15, 0.2) is 6.04 Å². The number of benzene rings is 1. The molecule has 1 N–H and O–H groups in total. The summed E-state index contributed by atoms with van der Waals surface area (Å²) in [6.45, 7) is 2.19. The first-order valence-electron chi connectivity index (χ1n) is 10.8. The Bertz CT molecular complexity index is 991. The highest BCUT2D eigenvalue weighted by Crippen LogP contribution is 2.28. The molecule has 1 fully saturated rings. The Morgan fingerprint density at radius 1 is 1.10 bits per heavy atom. The van der Waals surface area contributed by atoms with E-state index in [-0.39, 0.29) is 24.3 Å². The fraction of sp³-hybridized carbons (Fsp3) is 0.360. The molecule has 31 heavy (non-hydrogen) atoms. The lowest BCUT2D eigenvalue weighted by molar-refractivity contribution is -0.142. The van der Waals surface area contributed by atoms with E-state index < -0.39 is 6.04 Å². The van der Waals surface area contributed by atoms with Gasteiger partial charge in [-0.15, -0.1) is 11.3 Å². The van der Waals surface area contributed by atoms with Crippen molar-refractivity contribution >= 4 is 23.2 Å². The fourth-order valence-electron chi connectivity index (χ4n) is 4.14. The van der Waals surface area contributed by atoms with Crippen LogP contribution in [0.2, 0.25) is 0 Å². The van der Waals surface area contributed by atoms with Gasteiger partial charge in [0.25, 0.3) is 5.91 Å². The third-order valence-corrected chi connectivity index (χ3v) is 6.59. The summed E-state index contributed by atoms with van der Waals surface area (Å²) in [7, 11) is 0. The second kappa shape index (κ2) is 9.96. The van der Waals surface area contributed by atoms with Crippen molar-refractivity contribution in [3.63, 3.8) is 0 Å². The minimum atomic E-state index is -0.804. The second-order valence-corrected chi connectivity index (χ2v) is 9.14. The fourth-order valence-corrected chi connectivity index (χ4v) is 4.84. The van der Waals surface area contributed by atoms with Crippen molar-refractivity contribution in [1.82, 2.24) is 10.2 Å². The summed E-state index contributed by atoms with van der Waals surface area (Å²) in [6, 6.07) is 16.7. The molecule has 2 heterocycles. The van der Waals surface area contributed by atoms with Crippen molar-refractivity contribution in [2.45, 2.75) is 57.7 Å². The van der Waals surface area contributed by atoms with Gasteiger partial charge in [0.1, 0.15) is 11.5 Å². The minimum absolute atomic E-state index is 0.0908. The van der Waals surface area contributed by atoms with Crippen molar-refractivity contribution in [2.75, 3.05) is 0 Å². The zero-order valence-corrected chi connectivity index (χ0v) is 18.6. The SMILES string of the molecule is Cc1ccc(C(C(=O)NC2CCCC2)N(Cc2ccccc2)C(=O)Cc2cccs2)o1. The topological polar surface area (TPSA) is 62.6 Å². The standard InChI is InChI=1S/C25H28N2O3S/c1-18-13-14-22(30-18)24(25(29)26-20-10-5-6-11-20)27(17-19-8-3-2-4-9-19)23(28)16-21-12-7-15-31-21/h2-4,7-9,12-15,20,24H,5-6,10-11,16-17H2,1H3,(H,26,29). The van der Waals surface area contributed by atoms with Crippen LogP contribution in [0.3, 0.4) is 0 Å². The zero-order chi connectivity index (χ0) is 21.6. The summed E-state index contributed by atoms with van der Waals surface area (Å²) in [5.74, 6) is 0.964. The lowest BCUT2D eigenvalue weighted by Crippen LogP contribution is -2.46. The van der Waals surface area contributed by atoms with E-state index in [1.165, 1.54) is 0 Å². The summed E-state index contributed by atoms with van der Waals surface area (Å²) >= 11 is 1.55. The Morgan fingerprint density at radius 2 is 1.87 bits per heavy atom. The van der Waals surface area contributed by atoms with Gasteiger partial charge in [-0.2, -0.15) is 0 Å². The van der Waals surface area contributed by atoms with Gasteiger partial charge >= 0.3 is 0 Å². The van der Waals surface area contributed by atoms with Gasteiger partial charge in [-0.3, -0.25) is 9.59 Å². The first-order valence-corrected chi connectivity index (χ1v) is 11.7. The molecule has 1 unspecified atom stereocenters. The maximum Gasteiger partial charge on any atom is 0.250 e. The minimum Gasteiger partial charge on any atom is -0.464 e. The van der Waals surface area contributed by atoms with Crippen LogP contribution in [-0.2, 0) is 22.6 Å². The second-order valence-electron chi connectivity index (χ2n) is 8.10. The predicted molar refractivity (Wildman–Crippen MR) is 122 cm³/mol. The van der Waals surface area contributed by atoms with E-state index in [0.717, 1.165) is 41.9 Å². The molecule has 0 bridgehead atoms. The molecule has 162 valence electrons. The molecule has 1 atom stereocenters. The number of amides is 2. The van der Waals surface area contributed by atoms with Crippen LogP contribution in [0.4, 0.5) is 0 Å². The number of aryl methyl sites for hydroxylation is 1. The normalized spacial score (nSPS) is 15.0. The molecular formula is C25H28N2O3S. The van der Waals surface area contributed by atoms with Crippen LogP contribution in [0, 0.1) is 6.92 Å². The van der Waals surface area contributed by atoms with Crippen LogP contribution < -0.4 is 5.32 Å². The van der Waals surface area contributed by atoms with E-state index in [0.29, 0.717) is 12.3 Å². The highest BCUT2D eigenvalue weighted by Gasteiger charge is 2.35.